The van der Waals surface area contributed by atoms with Crippen molar-refractivity contribution >= 4 is 17.7 Å². The second-order valence-corrected chi connectivity index (χ2v) is 6.71. The molecule has 0 radical (unpaired) electrons. The molecule has 1 amide bonds. The number of carbonyl (C=O) groups is 1. The molecular weight excluding hydrogens is 270 g/mol. The van der Waals surface area contributed by atoms with E-state index in [1.54, 1.807) is 0 Å². The Balaban J connectivity index is 1.98. The van der Waals surface area contributed by atoms with E-state index in [-0.39, 0.29) is 12.5 Å². The van der Waals surface area contributed by atoms with Crippen LogP contribution in [-0.2, 0) is 5.75 Å². The van der Waals surface area contributed by atoms with Gasteiger partial charge in [-0.05, 0) is 36.3 Å². The van der Waals surface area contributed by atoms with Crippen LogP contribution < -0.4 is 5.32 Å². The highest BCUT2D eigenvalue weighted by Crippen LogP contribution is 2.29. The van der Waals surface area contributed by atoms with Crippen LogP contribution in [-0.4, -0.2) is 28.9 Å². The maximum atomic E-state index is 12.3. The summed E-state index contributed by atoms with van der Waals surface area (Å²) < 4.78 is 0. The Kier molecular flexibility index (Phi) is 5.49. The van der Waals surface area contributed by atoms with Gasteiger partial charge in [-0.2, -0.15) is 11.8 Å². The van der Waals surface area contributed by atoms with Crippen LogP contribution in [0, 0.1) is 0 Å². The van der Waals surface area contributed by atoms with Crippen molar-refractivity contribution in [3.63, 3.8) is 0 Å². The van der Waals surface area contributed by atoms with Crippen LogP contribution in [0.4, 0.5) is 0 Å². The van der Waals surface area contributed by atoms with Gasteiger partial charge in [0, 0.05) is 11.3 Å². The molecule has 20 heavy (non-hydrogen) atoms. The molecule has 0 saturated heterocycles. The van der Waals surface area contributed by atoms with Crippen LogP contribution in [0.25, 0.3) is 0 Å². The lowest BCUT2D eigenvalue weighted by atomic mass is 9.98. The quantitative estimate of drug-likeness (QED) is 0.848. The van der Waals surface area contributed by atoms with Crippen molar-refractivity contribution < 1.29 is 9.90 Å². The molecule has 0 aliphatic heterocycles. The first-order valence-corrected chi connectivity index (χ1v) is 8.45. The average molecular weight is 293 g/mol. The molecule has 0 unspecified atom stereocenters. The van der Waals surface area contributed by atoms with E-state index >= 15 is 0 Å². The fourth-order valence-electron chi connectivity index (χ4n) is 2.66. The largest absolute Gasteiger partial charge is 0.394 e. The number of amides is 1. The van der Waals surface area contributed by atoms with Gasteiger partial charge in [-0.3, -0.25) is 4.79 Å². The Hall–Kier alpha value is -1.00. The number of nitrogens with one attached hydrogen (secondary N) is 1. The smallest absolute Gasteiger partial charge is 0.251 e. The van der Waals surface area contributed by atoms with Gasteiger partial charge in [0.25, 0.3) is 5.91 Å². The maximum absolute atomic E-state index is 12.3. The van der Waals surface area contributed by atoms with Gasteiger partial charge in [-0.1, -0.05) is 31.9 Å². The van der Waals surface area contributed by atoms with Crippen LogP contribution in [0.1, 0.15) is 48.5 Å². The topological polar surface area (TPSA) is 49.3 Å². The first kappa shape index (κ1) is 15.4. The van der Waals surface area contributed by atoms with Crippen LogP contribution >= 0.6 is 11.8 Å². The molecule has 0 spiro atoms. The fourth-order valence-corrected chi connectivity index (χ4v) is 3.29. The summed E-state index contributed by atoms with van der Waals surface area (Å²) in [5, 5.41) is 12.6. The summed E-state index contributed by atoms with van der Waals surface area (Å²) in [6.45, 7) is 2.17. The summed E-state index contributed by atoms with van der Waals surface area (Å²) in [5.41, 5.74) is 1.52. The molecule has 3 nitrogen and oxygen atoms in total. The highest BCUT2D eigenvalue weighted by molar-refractivity contribution is 7.98. The number of rotatable bonds is 6. The Morgan fingerprint density at radius 3 is 2.50 bits per heavy atom. The van der Waals surface area contributed by atoms with Crippen molar-refractivity contribution in [1.29, 1.82) is 0 Å². The van der Waals surface area contributed by atoms with Crippen molar-refractivity contribution in [3.8, 4) is 0 Å². The van der Waals surface area contributed by atoms with Crippen LogP contribution in [0.15, 0.2) is 24.3 Å². The van der Waals surface area contributed by atoms with Crippen molar-refractivity contribution in [2.45, 2.75) is 43.9 Å². The summed E-state index contributed by atoms with van der Waals surface area (Å²) >= 11 is 1.87. The molecular formula is C16H23NO2S. The average Bonchev–Trinajstić information content (AvgIpc) is 2.94. The Morgan fingerprint density at radius 1 is 1.30 bits per heavy atom. The molecule has 0 atom stereocenters. The minimum absolute atomic E-state index is 0.0317. The SMILES string of the molecule is CCSCc1ccc(C(=O)NC2(CO)CCCC2)cc1. The molecule has 0 heterocycles. The van der Waals surface area contributed by atoms with Gasteiger partial charge >= 0.3 is 0 Å². The first-order chi connectivity index (χ1) is 9.69. The number of carbonyl (C=O) groups excluding carboxylic acids is 1. The van der Waals surface area contributed by atoms with E-state index in [4.69, 9.17) is 0 Å². The van der Waals surface area contributed by atoms with E-state index in [0.29, 0.717) is 5.56 Å². The number of benzene rings is 1. The number of hydrogen-bond donors (Lipinski definition) is 2. The lowest BCUT2D eigenvalue weighted by Gasteiger charge is -2.28. The molecule has 1 fully saturated rings. The predicted octanol–water partition coefficient (Wildman–Crippen LogP) is 2.97. The van der Waals surface area contributed by atoms with E-state index < -0.39 is 5.54 Å². The van der Waals surface area contributed by atoms with Gasteiger partial charge in [0.15, 0.2) is 0 Å². The third-order valence-corrected chi connectivity index (χ3v) is 4.88. The van der Waals surface area contributed by atoms with E-state index in [1.165, 1.54) is 5.56 Å². The van der Waals surface area contributed by atoms with Crippen LogP contribution in [0.5, 0.6) is 0 Å². The van der Waals surface area contributed by atoms with Crippen molar-refractivity contribution in [2.75, 3.05) is 12.4 Å². The molecule has 2 rings (SSSR count). The normalized spacial score (nSPS) is 17.1. The number of thioether (sulfide) groups is 1. The lowest BCUT2D eigenvalue weighted by Crippen LogP contribution is -2.49. The van der Waals surface area contributed by atoms with E-state index in [9.17, 15) is 9.90 Å². The van der Waals surface area contributed by atoms with Gasteiger partial charge in [-0.25, -0.2) is 0 Å². The van der Waals surface area contributed by atoms with Gasteiger partial charge < -0.3 is 10.4 Å². The molecule has 1 saturated carbocycles. The van der Waals surface area contributed by atoms with Crippen molar-refractivity contribution in [2.24, 2.45) is 0 Å². The Labute approximate surface area is 125 Å². The maximum Gasteiger partial charge on any atom is 0.251 e. The minimum atomic E-state index is -0.395. The molecule has 1 aliphatic carbocycles. The second kappa shape index (κ2) is 7.14. The number of hydrogen-bond acceptors (Lipinski definition) is 3. The van der Waals surface area contributed by atoms with Crippen molar-refractivity contribution in [1.82, 2.24) is 5.32 Å². The van der Waals surface area contributed by atoms with Crippen molar-refractivity contribution in [3.05, 3.63) is 35.4 Å². The molecule has 1 aromatic carbocycles. The zero-order chi connectivity index (χ0) is 14.4. The molecule has 4 heteroatoms. The standard InChI is InChI=1S/C16H23NO2S/c1-2-20-11-13-5-7-14(8-6-13)15(19)17-16(12-18)9-3-4-10-16/h5-8,18H,2-4,9-12H2,1H3,(H,17,19). The van der Waals surface area contributed by atoms with Crippen LogP contribution in [0.2, 0.25) is 0 Å². The third-order valence-electron chi connectivity index (χ3n) is 3.93. The number of aliphatic hydroxyl groups is 1. The zero-order valence-corrected chi connectivity index (χ0v) is 12.8. The van der Waals surface area contributed by atoms with Gasteiger partial charge in [0.1, 0.15) is 0 Å². The summed E-state index contributed by atoms with van der Waals surface area (Å²) in [4.78, 5) is 12.3. The molecule has 0 bridgehead atoms. The van der Waals surface area contributed by atoms with E-state index in [2.05, 4.69) is 12.2 Å². The van der Waals surface area contributed by atoms with Crippen LogP contribution in [0.3, 0.4) is 0 Å². The first-order valence-electron chi connectivity index (χ1n) is 7.29. The zero-order valence-electron chi connectivity index (χ0n) is 12.0. The summed E-state index contributed by atoms with van der Waals surface area (Å²) in [5.74, 6) is 2.01. The predicted molar refractivity (Wildman–Crippen MR) is 84.0 cm³/mol. The molecule has 2 N–H and O–H groups in total. The van der Waals surface area contributed by atoms with Gasteiger partial charge in [-0.15, -0.1) is 0 Å². The highest BCUT2D eigenvalue weighted by Gasteiger charge is 2.34. The second-order valence-electron chi connectivity index (χ2n) is 5.43. The highest BCUT2D eigenvalue weighted by atomic mass is 32.2. The van der Waals surface area contributed by atoms with Gasteiger partial charge in [0.05, 0.1) is 12.1 Å². The van der Waals surface area contributed by atoms with E-state index in [0.717, 1.165) is 37.2 Å². The Morgan fingerprint density at radius 2 is 1.95 bits per heavy atom. The minimum Gasteiger partial charge on any atom is -0.394 e. The summed E-state index contributed by atoms with van der Waals surface area (Å²) in [6, 6.07) is 7.78. The molecule has 1 aliphatic rings. The lowest BCUT2D eigenvalue weighted by molar-refractivity contribution is 0.0838. The third kappa shape index (κ3) is 3.76. The summed E-state index contributed by atoms with van der Waals surface area (Å²) in [7, 11) is 0. The molecule has 1 aromatic rings. The molecule has 110 valence electrons. The number of aliphatic hydroxyl groups excluding tert-OH is 1. The van der Waals surface area contributed by atoms with Gasteiger partial charge in [0.2, 0.25) is 0 Å². The summed E-state index contributed by atoms with van der Waals surface area (Å²) in [6.07, 6.45) is 3.91. The van der Waals surface area contributed by atoms with E-state index in [1.807, 2.05) is 36.0 Å². The fraction of sp³-hybridized carbons (Fsp3) is 0.562. The molecule has 0 aromatic heterocycles. The Bertz CT molecular complexity index is 438. The monoisotopic (exact) mass is 293 g/mol.